The number of hydrogen-bond acceptors (Lipinski definition) is 2. The highest BCUT2D eigenvalue weighted by molar-refractivity contribution is 14.1. The van der Waals surface area contributed by atoms with Gasteiger partial charge in [-0.2, -0.15) is 0 Å². The van der Waals surface area contributed by atoms with Gasteiger partial charge < -0.3 is 7.97 Å². The van der Waals surface area contributed by atoms with Gasteiger partial charge in [-0.1, -0.05) is 6.92 Å². The number of rotatable bonds is 3. The van der Waals surface area contributed by atoms with Crippen molar-refractivity contribution >= 4 is 23.0 Å². The zero-order valence-corrected chi connectivity index (χ0v) is 9.21. The molecular weight excluding hydrogens is 253 g/mol. The van der Waals surface area contributed by atoms with Crippen LogP contribution in [0.4, 0.5) is 0 Å². The van der Waals surface area contributed by atoms with Crippen molar-refractivity contribution in [3.8, 4) is 0 Å². The summed E-state index contributed by atoms with van der Waals surface area (Å²) in [5.74, 6) is 0. The second kappa shape index (κ2) is 5.32. The molecule has 0 radical (unpaired) electrons. The van der Waals surface area contributed by atoms with Crippen LogP contribution in [0.25, 0.3) is 0 Å². The molecule has 1 aliphatic rings. The summed E-state index contributed by atoms with van der Waals surface area (Å²) in [4.78, 5) is 2.52. The fraction of sp³-hybridized carbons (Fsp3) is 1.00. The van der Waals surface area contributed by atoms with Crippen LogP contribution < -0.4 is 0 Å². The molecular formula is C8H16INO. The number of piperidine rings is 1. The minimum atomic E-state index is 0.517. The molecule has 0 atom stereocenters. The Bertz CT molecular complexity index is 102. The van der Waals surface area contributed by atoms with Crippen molar-refractivity contribution in [1.29, 1.82) is 0 Å². The van der Waals surface area contributed by atoms with Crippen LogP contribution in [0.1, 0.15) is 26.2 Å². The smallest absolute Gasteiger partial charge is 0.110 e. The van der Waals surface area contributed by atoms with Crippen LogP contribution in [0.2, 0.25) is 0 Å². The normalized spacial score (nSPS) is 22.4. The van der Waals surface area contributed by atoms with Gasteiger partial charge in [0, 0.05) is 13.1 Å². The van der Waals surface area contributed by atoms with E-state index < -0.39 is 0 Å². The molecule has 1 saturated heterocycles. The van der Waals surface area contributed by atoms with Gasteiger partial charge in [-0.05, 0) is 25.8 Å². The van der Waals surface area contributed by atoms with Gasteiger partial charge in [0.25, 0.3) is 0 Å². The molecule has 0 saturated carbocycles. The summed E-state index contributed by atoms with van der Waals surface area (Å²) >= 11 is 2.02. The Labute approximate surface area is 83.0 Å². The summed E-state index contributed by atoms with van der Waals surface area (Å²) in [6, 6.07) is 0. The van der Waals surface area contributed by atoms with Crippen molar-refractivity contribution in [1.82, 2.24) is 4.90 Å². The maximum Gasteiger partial charge on any atom is 0.110 e. The first-order chi connectivity index (χ1) is 5.36. The molecule has 1 heterocycles. The zero-order chi connectivity index (χ0) is 8.10. The van der Waals surface area contributed by atoms with Crippen LogP contribution in [-0.4, -0.2) is 30.6 Å². The number of nitrogens with zero attached hydrogens (tertiary/aromatic N) is 1. The van der Waals surface area contributed by atoms with Crippen molar-refractivity contribution in [2.45, 2.75) is 32.3 Å². The number of hydrogen-bond donors (Lipinski definition) is 0. The number of halogens is 1. The molecule has 0 aromatic carbocycles. The molecule has 66 valence electrons. The Balaban J connectivity index is 2.14. The molecule has 0 spiro atoms. The molecule has 11 heavy (non-hydrogen) atoms. The summed E-state index contributed by atoms with van der Waals surface area (Å²) in [7, 11) is 0. The Morgan fingerprint density at radius 1 is 1.45 bits per heavy atom. The van der Waals surface area contributed by atoms with E-state index in [1.807, 2.05) is 23.0 Å². The first kappa shape index (κ1) is 9.74. The van der Waals surface area contributed by atoms with Crippen molar-refractivity contribution in [3.63, 3.8) is 0 Å². The lowest BCUT2D eigenvalue weighted by atomic mass is 10.1. The van der Waals surface area contributed by atoms with Gasteiger partial charge in [-0.25, -0.2) is 0 Å². The summed E-state index contributed by atoms with van der Waals surface area (Å²) < 4.78 is 5.26. The molecule has 1 rings (SSSR count). The summed E-state index contributed by atoms with van der Waals surface area (Å²) in [5, 5.41) is 0. The Morgan fingerprint density at radius 3 is 2.55 bits per heavy atom. The predicted octanol–water partition coefficient (Wildman–Crippen LogP) is 2.23. The highest BCUT2D eigenvalue weighted by Gasteiger charge is 2.17. The van der Waals surface area contributed by atoms with E-state index in [-0.39, 0.29) is 0 Å². The lowest BCUT2D eigenvalue weighted by molar-refractivity contribution is 0.134. The van der Waals surface area contributed by atoms with E-state index in [0.29, 0.717) is 6.10 Å². The first-order valence-electron chi connectivity index (χ1n) is 4.36. The maximum atomic E-state index is 5.26. The molecule has 0 N–H and O–H groups in total. The van der Waals surface area contributed by atoms with Gasteiger partial charge in [0.1, 0.15) is 23.0 Å². The average molecular weight is 269 g/mol. The lowest BCUT2D eigenvalue weighted by Gasteiger charge is -2.29. The molecule has 2 nitrogen and oxygen atoms in total. The third-order valence-corrected chi connectivity index (χ3v) is 2.92. The second-order valence-electron chi connectivity index (χ2n) is 3.13. The average Bonchev–Trinajstić information content (AvgIpc) is 2.07. The molecule has 3 heteroatoms. The van der Waals surface area contributed by atoms with E-state index >= 15 is 0 Å². The van der Waals surface area contributed by atoms with Crippen LogP contribution in [0, 0.1) is 0 Å². The third-order valence-electron chi connectivity index (χ3n) is 2.20. The largest absolute Gasteiger partial charge is 0.312 e. The van der Waals surface area contributed by atoms with Crippen LogP contribution in [0.15, 0.2) is 0 Å². The van der Waals surface area contributed by atoms with Crippen molar-refractivity contribution in [3.05, 3.63) is 0 Å². The van der Waals surface area contributed by atoms with E-state index in [1.54, 1.807) is 0 Å². The minimum Gasteiger partial charge on any atom is -0.312 e. The minimum absolute atomic E-state index is 0.517. The first-order valence-corrected chi connectivity index (χ1v) is 5.24. The zero-order valence-electron chi connectivity index (χ0n) is 7.05. The van der Waals surface area contributed by atoms with Crippen molar-refractivity contribution in [2.75, 3.05) is 19.6 Å². The van der Waals surface area contributed by atoms with Gasteiger partial charge in [0.05, 0.1) is 6.10 Å². The summed E-state index contributed by atoms with van der Waals surface area (Å²) in [5.41, 5.74) is 0. The number of likely N-dealkylation sites (tertiary alicyclic amines) is 1. The molecule has 1 fully saturated rings. The third kappa shape index (κ3) is 3.25. The standard InChI is InChI=1S/C8H16INO/c1-2-5-10-6-3-8(11-9)4-7-10/h8H,2-7H2,1H3. The van der Waals surface area contributed by atoms with Gasteiger partial charge in [-0.3, -0.25) is 0 Å². The van der Waals surface area contributed by atoms with Crippen LogP contribution in [0.3, 0.4) is 0 Å². The fourth-order valence-corrected chi connectivity index (χ4v) is 2.05. The molecule has 1 aliphatic heterocycles. The van der Waals surface area contributed by atoms with E-state index in [4.69, 9.17) is 3.07 Å². The molecule has 0 aromatic rings. The van der Waals surface area contributed by atoms with Gasteiger partial charge in [0.15, 0.2) is 0 Å². The van der Waals surface area contributed by atoms with Crippen LogP contribution in [0.5, 0.6) is 0 Å². The van der Waals surface area contributed by atoms with Crippen molar-refractivity contribution in [2.24, 2.45) is 0 Å². The summed E-state index contributed by atoms with van der Waals surface area (Å²) in [6.07, 6.45) is 4.21. The van der Waals surface area contributed by atoms with Crippen molar-refractivity contribution < 1.29 is 3.07 Å². The Kier molecular flexibility index (Phi) is 4.71. The predicted molar refractivity (Wildman–Crippen MR) is 54.9 cm³/mol. The maximum absolute atomic E-state index is 5.26. The van der Waals surface area contributed by atoms with E-state index in [1.165, 1.54) is 38.9 Å². The van der Waals surface area contributed by atoms with Gasteiger partial charge in [0.2, 0.25) is 0 Å². The Morgan fingerprint density at radius 2 is 2.09 bits per heavy atom. The van der Waals surface area contributed by atoms with Crippen LogP contribution in [-0.2, 0) is 3.07 Å². The highest BCUT2D eigenvalue weighted by atomic mass is 127. The quantitative estimate of drug-likeness (QED) is 0.728. The molecule has 0 aromatic heterocycles. The molecule has 0 bridgehead atoms. The monoisotopic (exact) mass is 269 g/mol. The molecule has 0 amide bonds. The van der Waals surface area contributed by atoms with Crippen LogP contribution >= 0.6 is 23.0 Å². The highest BCUT2D eigenvalue weighted by Crippen LogP contribution is 2.15. The fourth-order valence-electron chi connectivity index (χ4n) is 1.54. The van der Waals surface area contributed by atoms with E-state index in [2.05, 4.69) is 11.8 Å². The van der Waals surface area contributed by atoms with E-state index in [9.17, 15) is 0 Å². The van der Waals surface area contributed by atoms with E-state index in [0.717, 1.165) is 0 Å². The molecule has 0 aliphatic carbocycles. The molecule has 0 unspecified atom stereocenters. The van der Waals surface area contributed by atoms with Gasteiger partial charge >= 0.3 is 0 Å². The van der Waals surface area contributed by atoms with Gasteiger partial charge in [-0.15, -0.1) is 0 Å². The Hall–Kier alpha value is 0.650. The SMILES string of the molecule is CCCN1CCC(OI)CC1. The lowest BCUT2D eigenvalue weighted by Crippen LogP contribution is -2.36. The second-order valence-corrected chi connectivity index (χ2v) is 3.64. The topological polar surface area (TPSA) is 12.5 Å². The summed E-state index contributed by atoms with van der Waals surface area (Å²) in [6.45, 7) is 5.94.